The molecule has 0 heterocycles. The van der Waals surface area contributed by atoms with Crippen LogP contribution in [-0.2, 0) is 4.79 Å². The molecule has 0 atom stereocenters. The molecule has 1 aliphatic rings. The van der Waals surface area contributed by atoms with E-state index in [-0.39, 0.29) is 18.2 Å². The minimum absolute atomic E-state index is 0.0750. The quantitative estimate of drug-likeness (QED) is 0.596. The number of hydrogen-bond acceptors (Lipinski definition) is 2. The van der Waals surface area contributed by atoms with Gasteiger partial charge in [0.25, 0.3) is 0 Å². The maximum atomic E-state index is 13.2. The van der Waals surface area contributed by atoms with Gasteiger partial charge in [0, 0.05) is 17.3 Å². The van der Waals surface area contributed by atoms with E-state index in [0.717, 1.165) is 12.8 Å². The van der Waals surface area contributed by atoms with E-state index in [0.29, 0.717) is 0 Å². The van der Waals surface area contributed by atoms with Crippen LogP contribution in [0, 0.1) is 5.92 Å². The van der Waals surface area contributed by atoms with Crippen molar-refractivity contribution in [2.24, 2.45) is 5.92 Å². The van der Waals surface area contributed by atoms with Gasteiger partial charge in [-0.25, -0.2) is 0 Å². The zero-order valence-electron chi connectivity index (χ0n) is 11.6. The monoisotopic (exact) mass is 299 g/mol. The summed E-state index contributed by atoms with van der Waals surface area (Å²) in [5.74, 6) is -8.21. The van der Waals surface area contributed by atoms with Gasteiger partial charge in [-0.15, -0.1) is 0 Å². The van der Waals surface area contributed by atoms with Gasteiger partial charge in [0.2, 0.25) is 5.78 Å². The lowest BCUT2D eigenvalue weighted by atomic mass is 9.92. The summed E-state index contributed by atoms with van der Waals surface area (Å²) in [6.45, 7) is 4.49. The van der Waals surface area contributed by atoms with Gasteiger partial charge in [-0.1, -0.05) is 20.8 Å². The van der Waals surface area contributed by atoms with Gasteiger partial charge in [0.15, 0.2) is 0 Å². The number of carbonyl (C=O) groups excluding carboxylic acids is 1. The smallest absolute Gasteiger partial charge is 0.385 e. The second kappa shape index (κ2) is 5.69. The molecule has 0 aromatic heterocycles. The summed E-state index contributed by atoms with van der Waals surface area (Å²) < 4.78 is 63.5. The van der Waals surface area contributed by atoms with E-state index >= 15 is 0 Å². The number of halogens is 5. The molecule has 0 radical (unpaired) electrons. The van der Waals surface area contributed by atoms with Crippen molar-refractivity contribution in [3.8, 4) is 0 Å². The van der Waals surface area contributed by atoms with Gasteiger partial charge in [-0.3, -0.25) is 4.79 Å². The number of rotatable bonds is 6. The van der Waals surface area contributed by atoms with Gasteiger partial charge in [-0.2, -0.15) is 22.0 Å². The number of ketones is 1. The van der Waals surface area contributed by atoms with E-state index in [4.69, 9.17) is 0 Å². The van der Waals surface area contributed by atoms with Crippen LogP contribution < -0.4 is 5.32 Å². The van der Waals surface area contributed by atoms with Gasteiger partial charge in [0.05, 0.1) is 0 Å². The standard InChI is InChI=1S/C13H18F5NO/c1-4-9(19-8-5-6-8)10(7(2)3)11(20)12(14,15)13(16,17)18/h7-8,19H,4-6H2,1-3H3. The molecule has 0 amide bonds. The molecule has 0 aromatic rings. The highest BCUT2D eigenvalue weighted by atomic mass is 19.4. The highest BCUT2D eigenvalue weighted by Gasteiger charge is 2.64. The van der Waals surface area contributed by atoms with Crippen molar-refractivity contribution in [3.63, 3.8) is 0 Å². The Morgan fingerprint density at radius 2 is 1.70 bits per heavy atom. The average molecular weight is 299 g/mol. The summed E-state index contributed by atoms with van der Waals surface area (Å²) in [4.78, 5) is 11.7. The first-order valence-corrected chi connectivity index (χ1v) is 6.51. The molecule has 0 saturated heterocycles. The van der Waals surface area contributed by atoms with Crippen LogP contribution in [0.1, 0.15) is 40.0 Å². The number of nitrogens with one attached hydrogen (secondary N) is 1. The molecule has 7 heteroatoms. The highest BCUT2D eigenvalue weighted by molar-refractivity contribution is 6.02. The third-order valence-corrected chi connectivity index (χ3v) is 3.10. The van der Waals surface area contributed by atoms with Crippen LogP contribution in [0.3, 0.4) is 0 Å². The molecule has 0 unspecified atom stereocenters. The molecule has 1 rings (SSSR count). The summed E-state index contributed by atoms with van der Waals surface area (Å²) >= 11 is 0. The fraction of sp³-hybridized carbons (Fsp3) is 0.769. The molecule has 0 bridgehead atoms. The lowest BCUT2D eigenvalue weighted by Crippen LogP contribution is -2.46. The highest BCUT2D eigenvalue weighted by Crippen LogP contribution is 2.40. The van der Waals surface area contributed by atoms with Crippen LogP contribution in [0.25, 0.3) is 0 Å². The Morgan fingerprint density at radius 3 is 2.00 bits per heavy atom. The van der Waals surface area contributed by atoms with E-state index in [1.807, 2.05) is 0 Å². The molecule has 20 heavy (non-hydrogen) atoms. The van der Waals surface area contributed by atoms with E-state index in [1.54, 1.807) is 6.92 Å². The number of carbonyl (C=O) groups is 1. The van der Waals surface area contributed by atoms with Crippen molar-refractivity contribution >= 4 is 5.78 Å². The summed E-state index contributed by atoms with van der Waals surface area (Å²) in [6.07, 6.45) is -4.00. The lowest BCUT2D eigenvalue weighted by molar-refractivity contribution is -0.267. The molecule has 1 aliphatic carbocycles. The Morgan fingerprint density at radius 1 is 1.20 bits per heavy atom. The molecule has 1 N–H and O–H groups in total. The predicted octanol–water partition coefficient (Wildman–Crippen LogP) is 3.83. The Labute approximate surface area is 114 Å². The first kappa shape index (κ1) is 16.9. The van der Waals surface area contributed by atoms with Gasteiger partial charge < -0.3 is 5.32 Å². The summed E-state index contributed by atoms with van der Waals surface area (Å²) in [6, 6.07) is 0.0750. The van der Waals surface area contributed by atoms with E-state index < -0.39 is 29.4 Å². The Balaban J connectivity index is 3.18. The zero-order valence-corrected chi connectivity index (χ0v) is 11.6. The van der Waals surface area contributed by atoms with Crippen molar-refractivity contribution in [2.45, 2.75) is 58.2 Å². The number of alkyl halides is 5. The predicted molar refractivity (Wildman–Crippen MR) is 64.3 cm³/mol. The SMILES string of the molecule is CCC(NC1CC1)=C(C(=O)C(F)(F)C(F)(F)F)C(C)C. The van der Waals surface area contributed by atoms with Crippen LogP contribution in [0.2, 0.25) is 0 Å². The lowest BCUT2D eigenvalue weighted by Gasteiger charge is -2.24. The number of Topliss-reactive ketones (excluding diaryl/α,β-unsaturated/α-hetero) is 1. The largest absolute Gasteiger partial charge is 0.461 e. The minimum atomic E-state index is -5.87. The normalized spacial score (nSPS) is 18.1. The van der Waals surface area contributed by atoms with Crippen molar-refractivity contribution in [1.82, 2.24) is 5.32 Å². The average Bonchev–Trinajstić information content (AvgIpc) is 3.09. The number of hydrogen-bond donors (Lipinski definition) is 1. The minimum Gasteiger partial charge on any atom is -0.385 e. The summed E-state index contributed by atoms with van der Waals surface area (Å²) in [5, 5.41) is 2.88. The van der Waals surface area contributed by atoms with Crippen LogP contribution in [0.15, 0.2) is 11.3 Å². The molecule has 116 valence electrons. The molecule has 1 fully saturated rings. The fourth-order valence-corrected chi connectivity index (χ4v) is 1.89. The zero-order chi connectivity index (χ0) is 15.7. The molecule has 2 nitrogen and oxygen atoms in total. The fourth-order valence-electron chi connectivity index (χ4n) is 1.89. The molecule has 1 saturated carbocycles. The topological polar surface area (TPSA) is 29.1 Å². The molecular formula is C13H18F5NO. The van der Waals surface area contributed by atoms with E-state index in [9.17, 15) is 26.7 Å². The first-order valence-electron chi connectivity index (χ1n) is 6.51. The van der Waals surface area contributed by atoms with Gasteiger partial charge >= 0.3 is 12.1 Å². The van der Waals surface area contributed by atoms with Crippen LogP contribution >= 0.6 is 0 Å². The maximum absolute atomic E-state index is 13.2. The van der Waals surface area contributed by atoms with Crippen molar-refractivity contribution in [2.75, 3.05) is 0 Å². The van der Waals surface area contributed by atoms with Gasteiger partial charge in [0.1, 0.15) is 0 Å². The van der Waals surface area contributed by atoms with E-state index in [2.05, 4.69) is 5.32 Å². The maximum Gasteiger partial charge on any atom is 0.461 e. The second-order valence-corrected chi connectivity index (χ2v) is 5.22. The van der Waals surface area contributed by atoms with Crippen LogP contribution in [0.5, 0.6) is 0 Å². The van der Waals surface area contributed by atoms with Crippen LogP contribution in [-0.4, -0.2) is 23.9 Å². The Kier molecular flexibility index (Phi) is 4.82. The molecule has 0 spiro atoms. The summed E-state index contributed by atoms with van der Waals surface area (Å²) in [5.41, 5.74) is -0.266. The van der Waals surface area contributed by atoms with E-state index in [1.165, 1.54) is 13.8 Å². The van der Waals surface area contributed by atoms with Gasteiger partial charge in [-0.05, 0) is 25.2 Å². The Hall–Kier alpha value is -1.14. The third-order valence-electron chi connectivity index (χ3n) is 3.10. The van der Waals surface area contributed by atoms with Crippen molar-refractivity contribution in [1.29, 1.82) is 0 Å². The number of allylic oxidation sites excluding steroid dienone is 2. The van der Waals surface area contributed by atoms with Crippen molar-refractivity contribution in [3.05, 3.63) is 11.3 Å². The third kappa shape index (κ3) is 3.49. The Bertz CT molecular complexity index is 407. The summed E-state index contributed by atoms with van der Waals surface area (Å²) in [7, 11) is 0. The molecular weight excluding hydrogens is 281 g/mol. The molecule has 0 aromatic carbocycles. The van der Waals surface area contributed by atoms with Crippen molar-refractivity contribution < 1.29 is 26.7 Å². The van der Waals surface area contributed by atoms with Crippen LogP contribution in [0.4, 0.5) is 22.0 Å². The second-order valence-electron chi connectivity index (χ2n) is 5.22. The first-order chi connectivity index (χ1) is 9.02. The molecule has 0 aliphatic heterocycles.